The van der Waals surface area contributed by atoms with Gasteiger partial charge in [-0.25, -0.2) is 4.98 Å². The van der Waals surface area contributed by atoms with E-state index in [9.17, 15) is 0 Å². The molecule has 0 bridgehead atoms. The van der Waals surface area contributed by atoms with Gasteiger partial charge in [-0.05, 0) is 19.1 Å². The number of halogens is 1. The number of benzene rings is 1. The van der Waals surface area contributed by atoms with Crippen molar-refractivity contribution in [3.8, 4) is 5.75 Å². The van der Waals surface area contributed by atoms with E-state index in [4.69, 9.17) is 16.3 Å². The highest BCUT2D eigenvalue weighted by Gasteiger charge is 2.11. The van der Waals surface area contributed by atoms with Crippen LogP contribution in [0.5, 0.6) is 5.75 Å². The number of aromatic nitrogens is 2. The van der Waals surface area contributed by atoms with Crippen LogP contribution in [0.1, 0.15) is 12.7 Å². The van der Waals surface area contributed by atoms with Gasteiger partial charge in [0.15, 0.2) is 0 Å². The summed E-state index contributed by atoms with van der Waals surface area (Å²) < 4.78 is 7.49. The summed E-state index contributed by atoms with van der Waals surface area (Å²) in [6, 6.07) is 5.98. The second-order valence-corrected chi connectivity index (χ2v) is 3.92. The fraction of sp³-hybridized carbons (Fsp3) is 0.417. The van der Waals surface area contributed by atoms with Crippen molar-refractivity contribution in [1.82, 2.24) is 9.55 Å². The predicted molar refractivity (Wildman–Crippen MR) is 66.4 cm³/mol. The van der Waals surface area contributed by atoms with Crippen molar-refractivity contribution in [2.45, 2.75) is 19.9 Å². The fourth-order valence-corrected chi connectivity index (χ4v) is 2.13. The van der Waals surface area contributed by atoms with Crippen LogP contribution in [0.3, 0.4) is 0 Å². The molecule has 4 heteroatoms. The van der Waals surface area contributed by atoms with Crippen molar-refractivity contribution in [3.63, 3.8) is 0 Å². The van der Waals surface area contributed by atoms with Gasteiger partial charge < -0.3 is 9.30 Å². The van der Waals surface area contributed by atoms with Crippen molar-refractivity contribution in [1.29, 1.82) is 0 Å². The number of fused-ring (bicyclic) bond motifs is 1. The zero-order valence-corrected chi connectivity index (χ0v) is 10.3. The molecule has 1 aromatic heterocycles. The third kappa shape index (κ3) is 1.76. The van der Waals surface area contributed by atoms with Gasteiger partial charge in [-0.1, -0.05) is 6.07 Å². The van der Waals surface area contributed by atoms with Crippen molar-refractivity contribution < 1.29 is 4.74 Å². The molecule has 0 fully saturated rings. The highest BCUT2D eigenvalue weighted by molar-refractivity contribution is 6.17. The largest absolute Gasteiger partial charge is 0.494 e. The minimum Gasteiger partial charge on any atom is -0.494 e. The lowest BCUT2D eigenvalue weighted by molar-refractivity contribution is 0.419. The van der Waals surface area contributed by atoms with Crippen LogP contribution in [0, 0.1) is 0 Å². The molecule has 16 heavy (non-hydrogen) atoms. The minimum atomic E-state index is 0.589. The van der Waals surface area contributed by atoms with Crippen LogP contribution in [0.2, 0.25) is 0 Å². The second kappa shape index (κ2) is 4.74. The first kappa shape index (κ1) is 11.3. The molecule has 0 atom stereocenters. The molecule has 0 spiro atoms. The van der Waals surface area contributed by atoms with Crippen molar-refractivity contribution in [2.24, 2.45) is 0 Å². The number of hydrogen-bond acceptors (Lipinski definition) is 2. The van der Waals surface area contributed by atoms with E-state index >= 15 is 0 Å². The van der Waals surface area contributed by atoms with E-state index in [2.05, 4.69) is 22.5 Å². The summed E-state index contributed by atoms with van der Waals surface area (Å²) in [5, 5.41) is 0. The van der Waals surface area contributed by atoms with Crippen LogP contribution in [0.25, 0.3) is 11.0 Å². The highest BCUT2D eigenvalue weighted by atomic mass is 35.5. The lowest BCUT2D eigenvalue weighted by atomic mass is 10.3. The first-order valence-corrected chi connectivity index (χ1v) is 5.93. The molecule has 0 N–H and O–H groups in total. The Hall–Kier alpha value is -1.22. The topological polar surface area (TPSA) is 27.1 Å². The quantitative estimate of drug-likeness (QED) is 0.766. The van der Waals surface area contributed by atoms with Crippen LogP contribution < -0.4 is 4.74 Å². The molecular formula is C12H15ClN2O. The highest BCUT2D eigenvalue weighted by Crippen LogP contribution is 2.25. The van der Waals surface area contributed by atoms with E-state index in [1.807, 2.05) is 12.1 Å². The Kier molecular flexibility index (Phi) is 3.34. The second-order valence-electron chi connectivity index (χ2n) is 3.54. The van der Waals surface area contributed by atoms with Gasteiger partial charge in [0.1, 0.15) is 17.1 Å². The number of ether oxygens (including phenoxy) is 1. The summed E-state index contributed by atoms with van der Waals surface area (Å²) in [6.45, 7) is 3.01. The van der Waals surface area contributed by atoms with Gasteiger partial charge in [0, 0.05) is 18.8 Å². The third-order valence-corrected chi connectivity index (χ3v) is 2.86. The summed E-state index contributed by atoms with van der Waals surface area (Å²) in [6.07, 6.45) is 0.785. The molecule has 0 aliphatic heterocycles. The average Bonchev–Trinajstić information content (AvgIpc) is 2.66. The molecule has 3 nitrogen and oxygen atoms in total. The summed E-state index contributed by atoms with van der Waals surface area (Å²) >= 11 is 5.78. The van der Waals surface area contributed by atoms with Crippen molar-refractivity contribution >= 4 is 22.6 Å². The number of nitrogens with zero attached hydrogens (tertiary/aromatic N) is 2. The molecule has 0 unspecified atom stereocenters. The molecule has 0 saturated carbocycles. The van der Waals surface area contributed by atoms with E-state index in [0.29, 0.717) is 5.88 Å². The maximum Gasteiger partial charge on any atom is 0.146 e. The molecule has 0 radical (unpaired) electrons. The standard InChI is InChI=1S/C12H15ClN2O/c1-3-15-9-5-4-6-10(16-2)12(9)14-11(15)7-8-13/h4-6H,3,7-8H2,1-2H3. The number of hydrogen-bond donors (Lipinski definition) is 0. The molecule has 2 aromatic rings. The average molecular weight is 239 g/mol. The molecule has 1 aromatic carbocycles. The van der Waals surface area contributed by atoms with Crippen LogP contribution >= 0.6 is 11.6 Å². The Morgan fingerprint density at radius 2 is 2.25 bits per heavy atom. The Balaban J connectivity index is 2.65. The van der Waals surface area contributed by atoms with Crippen LogP contribution in [0.15, 0.2) is 18.2 Å². The van der Waals surface area contributed by atoms with E-state index in [0.717, 1.165) is 35.6 Å². The summed E-state index contributed by atoms with van der Waals surface area (Å²) in [4.78, 5) is 4.60. The molecule has 0 saturated heterocycles. The number of aryl methyl sites for hydroxylation is 2. The zero-order chi connectivity index (χ0) is 11.5. The van der Waals surface area contributed by atoms with Gasteiger partial charge in [0.05, 0.1) is 12.6 Å². The number of alkyl halides is 1. The third-order valence-electron chi connectivity index (χ3n) is 2.68. The van der Waals surface area contributed by atoms with Gasteiger partial charge in [-0.2, -0.15) is 0 Å². The Bertz CT molecular complexity index is 493. The molecule has 1 heterocycles. The van der Waals surface area contributed by atoms with Gasteiger partial charge in [0.2, 0.25) is 0 Å². The van der Waals surface area contributed by atoms with Crippen LogP contribution in [0.4, 0.5) is 0 Å². The van der Waals surface area contributed by atoms with Gasteiger partial charge in [0.25, 0.3) is 0 Å². The monoisotopic (exact) mass is 238 g/mol. The Morgan fingerprint density at radius 1 is 1.44 bits per heavy atom. The lowest BCUT2D eigenvalue weighted by Gasteiger charge is -2.04. The van der Waals surface area contributed by atoms with E-state index in [1.54, 1.807) is 7.11 Å². The molecule has 86 valence electrons. The van der Waals surface area contributed by atoms with Gasteiger partial charge in [-0.3, -0.25) is 0 Å². The maximum absolute atomic E-state index is 5.78. The van der Waals surface area contributed by atoms with Crippen LogP contribution in [-0.4, -0.2) is 22.5 Å². The van der Waals surface area contributed by atoms with Crippen LogP contribution in [-0.2, 0) is 13.0 Å². The number of imidazole rings is 1. The minimum absolute atomic E-state index is 0.589. The predicted octanol–water partition coefficient (Wildman–Crippen LogP) is 2.85. The SMILES string of the molecule is CCn1c(CCCl)nc2c(OC)cccc21. The lowest BCUT2D eigenvalue weighted by Crippen LogP contribution is -2.02. The summed E-state index contributed by atoms with van der Waals surface area (Å²) in [7, 11) is 1.67. The summed E-state index contributed by atoms with van der Waals surface area (Å²) in [5.74, 6) is 2.43. The van der Waals surface area contributed by atoms with Crippen molar-refractivity contribution in [3.05, 3.63) is 24.0 Å². The molecule has 0 aliphatic rings. The number of rotatable bonds is 4. The van der Waals surface area contributed by atoms with Gasteiger partial charge >= 0.3 is 0 Å². The number of para-hydroxylation sites is 1. The van der Waals surface area contributed by atoms with E-state index in [-0.39, 0.29) is 0 Å². The first-order valence-electron chi connectivity index (χ1n) is 5.39. The number of methoxy groups -OCH3 is 1. The van der Waals surface area contributed by atoms with Crippen molar-refractivity contribution in [2.75, 3.05) is 13.0 Å². The van der Waals surface area contributed by atoms with Gasteiger partial charge in [-0.15, -0.1) is 11.6 Å². The Morgan fingerprint density at radius 3 is 2.88 bits per heavy atom. The molecule has 0 amide bonds. The Labute approximate surface area is 100.0 Å². The molecule has 2 rings (SSSR count). The fourth-order valence-electron chi connectivity index (χ4n) is 1.96. The maximum atomic E-state index is 5.78. The zero-order valence-electron chi connectivity index (χ0n) is 9.53. The smallest absolute Gasteiger partial charge is 0.146 e. The molecule has 0 aliphatic carbocycles. The summed E-state index contributed by atoms with van der Waals surface area (Å²) in [5.41, 5.74) is 2.04. The first-order chi connectivity index (χ1) is 7.81. The van der Waals surface area contributed by atoms with E-state index in [1.165, 1.54) is 0 Å². The normalized spacial score (nSPS) is 10.9. The molecular weight excluding hydrogens is 224 g/mol. The van der Waals surface area contributed by atoms with E-state index < -0.39 is 0 Å².